The summed E-state index contributed by atoms with van der Waals surface area (Å²) < 4.78 is 0. The molecule has 174 valence electrons. The number of rotatable bonds is 6. The summed E-state index contributed by atoms with van der Waals surface area (Å²) in [5.41, 5.74) is 11.9. The molecule has 3 aromatic rings. The van der Waals surface area contributed by atoms with Gasteiger partial charge in [0.2, 0.25) is 0 Å². The van der Waals surface area contributed by atoms with Gasteiger partial charge in [-0.05, 0) is 86.6 Å². The van der Waals surface area contributed by atoms with Crippen molar-refractivity contribution in [1.82, 2.24) is 9.88 Å². The third-order valence-electron chi connectivity index (χ3n) is 7.24. The van der Waals surface area contributed by atoms with E-state index in [1.807, 2.05) is 0 Å². The molecule has 0 spiro atoms. The van der Waals surface area contributed by atoms with Gasteiger partial charge in [0.15, 0.2) is 0 Å². The Labute approximate surface area is 200 Å². The van der Waals surface area contributed by atoms with Crippen molar-refractivity contribution in [2.24, 2.45) is 0 Å². The Bertz CT molecular complexity index is 1070. The van der Waals surface area contributed by atoms with Gasteiger partial charge in [-0.1, -0.05) is 44.2 Å². The van der Waals surface area contributed by atoms with Crippen molar-refractivity contribution < 1.29 is 0 Å². The number of hydrogen-bond donors (Lipinski definition) is 0. The van der Waals surface area contributed by atoms with Crippen molar-refractivity contribution in [2.45, 2.75) is 67.0 Å². The van der Waals surface area contributed by atoms with Crippen LogP contribution in [-0.2, 0) is 19.4 Å². The number of aryl methyl sites for hydroxylation is 5. The standard InChI is InChI=1S/C30H39N3/c1-7-25-12-10-13-26(8-2)30(25)29-18-22(4)28(24(6)31-29)20-32-15-16-33(23(5)19-32)27-14-9-11-21(3)17-27/h9-14,17-18,23H,7-8,15-16,19-20H2,1-6H3. The maximum absolute atomic E-state index is 5.14. The molecule has 1 aromatic heterocycles. The Morgan fingerprint density at radius 1 is 0.909 bits per heavy atom. The van der Waals surface area contributed by atoms with Gasteiger partial charge in [0.05, 0.1) is 5.69 Å². The molecule has 1 aliphatic rings. The highest BCUT2D eigenvalue weighted by atomic mass is 15.3. The summed E-state index contributed by atoms with van der Waals surface area (Å²) in [6.45, 7) is 17.7. The minimum absolute atomic E-state index is 0.497. The average Bonchev–Trinajstić information content (AvgIpc) is 2.80. The van der Waals surface area contributed by atoms with Crippen LogP contribution in [0, 0.1) is 20.8 Å². The molecule has 1 unspecified atom stereocenters. The molecule has 4 rings (SSSR count). The molecule has 3 nitrogen and oxygen atoms in total. The van der Waals surface area contributed by atoms with Crippen LogP contribution in [0.5, 0.6) is 0 Å². The van der Waals surface area contributed by atoms with E-state index in [4.69, 9.17) is 4.98 Å². The Hall–Kier alpha value is -2.65. The molecular weight excluding hydrogens is 402 g/mol. The van der Waals surface area contributed by atoms with Gasteiger partial charge in [-0.3, -0.25) is 9.88 Å². The maximum atomic E-state index is 5.14. The molecule has 33 heavy (non-hydrogen) atoms. The van der Waals surface area contributed by atoms with Gasteiger partial charge in [-0.2, -0.15) is 0 Å². The number of piperazine rings is 1. The average molecular weight is 442 g/mol. The van der Waals surface area contributed by atoms with Crippen LogP contribution in [0.25, 0.3) is 11.3 Å². The quantitative estimate of drug-likeness (QED) is 0.435. The Morgan fingerprint density at radius 2 is 1.61 bits per heavy atom. The van der Waals surface area contributed by atoms with E-state index in [-0.39, 0.29) is 0 Å². The zero-order chi connectivity index (χ0) is 23.5. The lowest BCUT2D eigenvalue weighted by Gasteiger charge is -2.41. The number of anilines is 1. The lowest BCUT2D eigenvalue weighted by Crippen LogP contribution is -2.51. The zero-order valence-corrected chi connectivity index (χ0v) is 21.3. The Balaban J connectivity index is 1.54. The van der Waals surface area contributed by atoms with Gasteiger partial charge in [0.1, 0.15) is 0 Å². The SMILES string of the molecule is CCc1cccc(CC)c1-c1cc(C)c(CN2CCN(c3cccc(C)c3)C(C)C2)c(C)n1. The van der Waals surface area contributed by atoms with Crippen molar-refractivity contribution in [3.63, 3.8) is 0 Å². The second-order valence-corrected chi connectivity index (χ2v) is 9.66. The smallest absolute Gasteiger partial charge is 0.0713 e. The van der Waals surface area contributed by atoms with Crippen LogP contribution in [0.1, 0.15) is 54.3 Å². The Morgan fingerprint density at radius 3 is 2.21 bits per heavy atom. The van der Waals surface area contributed by atoms with Crippen molar-refractivity contribution in [1.29, 1.82) is 0 Å². The van der Waals surface area contributed by atoms with E-state index in [0.717, 1.165) is 44.7 Å². The zero-order valence-electron chi connectivity index (χ0n) is 21.3. The second-order valence-electron chi connectivity index (χ2n) is 9.66. The van der Waals surface area contributed by atoms with E-state index in [1.165, 1.54) is 44.8 Å². The van der Waals surface area contributed by atoms with Crippen LogP contribution in [0.4, 0.5) is 5.69 Å². The number of aromatic nitrogens is 1. The first-order valence-electron chi connectivity index (χ1n) is 12.5. The van der Waals surface area contributed by atoms with E-state index >= 15 is 0 Å². The normalized spacial score (nSPS) is 16.9. The van der Waals surface area contributed by atoms with Gasteiger partial charge in [-0.25, -0.2) is 0 Å². The number of nitrogens with zero attached hydrogens (tertiary/aromatic N) is 3. The fourth-order valence-electron chi connectivity index (χ4n) is 5.39. The topological polar surface area (TPSA) is 19.4 Å². The van der Waals surface area contributed by atoms with Crippen molar-refractivity contribution >= 4 is 5.69 Å². The number of hydrogen-bond acceptors (Lipinski definition) is 3. The summed E-state index contributed by atoms with van der Waals surface area (Å²) >= 11 is 0. The van der Waals surface area contributed by atoms with Gasteiger partial charge in [0, 0.05) is 49.2 Å². The molecule has 2 aromatic carbocycles. The highest BCUT2D eigenvalue weighted by Gasteiger charge is 2.25. The Kier molecular flexibility index (Phi) is 7.19. The fourth-order valence-corrected chi connectivity index (χ4v) is 5.39. The van der Waals surface area contributed by atoms with Crippen LogP contribution in [0.3, 0.4) is 0 Å². The third kappa shape index (κ3) is 4.99. The van der Waals surface area contributed by atoms with Crippen LogP contribution in [0.15, 0.2) is 48.5 Å². The van der Waals surface area contributed by atoms with Gasteiger partial charge in [0.25, 0.3) is 0 Å². The molecule has 0 N–H and O–H groups in total. The number of benzene rings is 2. The molecule has 1 aliphatic heterocycles. The van der Waals surface area contributed by atoms with E-state index in [0.29, 0.717) is 6.04 Å². The summed E-state index contributed by atoms with van der Waals surface area (Å²) in [5, 5.41) is 0. The lowest BCUT2D eigenvalue weighted by molar-refractivity contribution is 0.220. The monoisotopic (exact) mass is 441 g/mol. The predicted octanol–water partition coefficient (Wildman–Crippen LogP) is 6.51. The molecule has 0 bridgehead atoms. The van der Waals surface area contributed by atoms with Crippen LogP contribution in [0.2, 0.25) is 0 Å². The first-order valence-corrected chi connectivity index (χ1v) is 12.5. The highest BCUT2D eigenvalue weighted by molar-refractivity contribution is 5.69. The van der Waals surface area contributed by atoms with Gasteiger partial charge in [-0.15, -0.1) is 0 Å². The van der Waals surface area contributed by atoms with Gasteiger partial charge < -0.3 is 4.90 Å². The van der Waals surface area contributed by atoms with Crippen LogP contribution in [-0.4, -0.2) is 35.6 Å². The van der Waals surface area contributed by atoms with E-state index in [9.17, 15) is 0 Å². The van der Waals surface area contributed by atoms with Crippen LogP contribution < -0.4 is 4.90 Å². The maximum Gasteiger partial charge on any atom is 0.0713 e. The fraction of sp³-hybridized carbons (Fsp3) is 0.433. The van der Waals surface area contributed by atoms with E-state index in [1.54, 1.807) is 0 Å². The molecule has 0 aliphatic carbocycles. The molecule has 1 saturated heterocycles. The first-order chi connectivity index (χ1) is 15.9. The molecule has 1 fully saturated rings. The highest BCUT2D eigenvalue weighted by Crippen LogP contribution is 2.31. The molecule has 3 heteroatoms. The minimum atomic E-state index is 0.497. The van der Waals surface area contributed by atoms with Crippen molar-refractivity contribution in [2.75, 3.05) is 24.5 Å². The molecule has 0 saturated carbocycles. The predicted molar refractivity (Wildman–Crippen MR) is 141 cm³/mol. The van der Waals surface area contributed by atoms with E-state index in [2.05, 4.69) is 99.9 Å². The molecule has 0 amide bonds. The largest absolute Gasteiger partial charge is 0.366 e. The third-order valence-corrected chi connectivity index (χ3v) is 7.24. The lowest BCUT2D eigenvalue weighted by atomic mass is 9.93. The number of pyridine rings is 1. The van der Waals surface area contributed by atoms with Crippen LogP contribution >= 0.6 is 0 Å². The second kappa shape index (κ2) is 10.1. The first kappa shape index (κ1) is 23.5. The van der Waals surface area contributed by atoms with Gasteiger partial charge >= 0.3 is 0 Å². The summed E-state index contributed by atoms with van der Waals surface area (Å²) in [6, 6.07) is 18.4. The molecule has 0 radical (unpaired) electrons. The van der Waals surface area contributed by atoms with E-state index < -0.39 is 0 Å². The summed E-state index contributed by atoms with van der Waals surface area (Å²) in [6.07, 6.45) is 2.07. The van der Waals surface area contributed by atoms with Crippen molar-refractivity contribution in [3.8, 4) is 11.3 Å². The summed E-state index contributed by atoms with van der Waals surface area (Å²) in [5.74, 6) is 0. The summed E-state index contributed by atoms with van der Waals surface area (Å²) in [4.78, 5) is 10.3. The molecular formula is C30H39N3. The molecule has 1 atom stereocenters. The van der Waals surface area contributed by atoms with Crippen molar-refractivity contribution in [3.05, 3.63) is 82.0 Å². The summed E-state index contributed by atoms with van der Waals surface area (Å²) in [7, 11) is 0. The molecule has 2 heterocycles. The minimum Gasteiger partial charge on any atom is -0.366 e.